The molecule has 0 radical (unpaired) electrons. The number of nitrogen functional groups attached to an aromatic ring is 1. The minimum atomic E-state index is -3.64. The summed E-state index contributed by atoms with van der Waals surface area (Å²) in [5.74, 6) is 0.710. The van der Waals surface area contributed by atoms with Crippen LogP contribution < -0.4 is 15.2 Å². The highest BCUT2D eigenvalue weighted by Crippen LogP contribution is 2.24. The number of benzene rings is 2. The van der Waals surface area contributed by atoms with Gasteiger partial charge in [-0.25, -0.2) is 8.42 Å². The molecule has 0 bridgehead atoms. The van der Waals surface area contributed by atoms with Crippen molar-refractivity contribution in [1.29, 1.82) is 0 Å². The van der Waals surface area contributed by atoms with Crippen molar-refractivity contribution in [3.63, 3.8) is 0 Å². The van der Waals surface area contributed by atoms with Crippen molar-refractivity contribution < 1.29 is 13.2 Å². The molecule has 2 aromatic carbocycles. The molecule has 112 valence electrons. The fraction of sp³-hybridized carbons (Fsp3) is 0.200. The molecule has 5 nitrogen and oxygen atoms in total. The van der Waals surface area contributed by atoms with Gasteiger partial charge in [0.2, 0.25) is 0 Å². The van der Waals surface area contributed by atoms with Gasteiger partial charge in [-0.3, -0.25) is 4.72 Å². The number of ether oxygens (including phenoxy) is 1. The molecule has 21 heavy (non-hydrogen) atoms. The fourth-order valence-corrected chi connectivity index (χ4v) is 3.11. The van der Waals surface area contributed by atoms with E-state index in [1.54, 1.807) is 44.4 Å². The van der Waals surface area contributed by atoms with Crippen LogP contribution in [0, 0.1) is 13.8 Å². The Balaban J connectivity index is 2.32. The molecule has 0 saturated heterocycles. The molecule has 0 saturated carbocycles. The van der Waals surface area contributed by atoms with E-state index in [0.717, 1.165) is 11.1 Å². The van der Waals surface area contributed by atoms with E-state index < -0.39 is 10.0 Å². The van der Waals surface area contributed by atoms with Crippen LogP contribution in [0.3, 0.4) is 0 Å². The van der Waals surface area contributed by atoms with Crippen molar-refractivity contribution in [2.24, 2.45) is 0 Å². The lowest BCUT2D eigenvalue weighted by Gasteiger charge is -2.11. The van der Waals surface area contributed by atoms with E-state index in [1.807, 2.05) is 6.92 Å². The molecule has 2 rings (SSSR count). The number of hydrogen-bond acceptors (Lipinski definition) is 4. The van der Waals surface area contributed by atoms with E-state index >= 15 is 0 Å². The monoisotopic (exact) mass is 306 g/mol. The highest BCUT2D eigenvalue weighted by molar-refractivity contribution is 7.92. The fourth-order valence-electron chi connectivity index (χ4n) is 1.97. The summed E-state index contributed by atoms with van der Waals surface area (Å²) in [6, 6.07) is 9.73. The summed E-state index contributed by atoms with van der Waals surface area (Å²) in [5, 5.41) is 0. The molecular weight excluding hydrogens is 288 g/mol. The summed E-state index contributed by atoms with van der Waals surface area (Å²) in [7, 11) is -2.06. The zero-order valence-electron chi connectivity index (χ0n) is 12.2. The smallest absolute Gasteiger partial charge is 0.261 e. The maximum atomic E-state index is 12.3. The molecule has 3 N–H and O–H groups in total. The number of sulfonamides is 1. The van der Waals surface area contributed by atoms with Crippen molar-refractivity contribution in [2.75, 3.05) is 17.6 Å². The zero-order valence-corrected chi connectivity index (χ0v) is 13.0. The molecule has 0 aliphatic heterocycles. The molecule has 6 heteroatoms. The quantitative estimate of drug-likeness (QED) is 0.851. The van der Waals surface area contributed by atoms with Crippen LogP contribution in [0.25, 0.3) is 0 Å². The van der Waals surface area contributed by atoms with Crippen LogP contribution in [-0.4, -0.2) is 15.5 Å². The summed E-state index contributed by atoms with van der Waals surface area (Å²) in [6.45, 7) is 3.62. The molecule has 2 aromatic rings. The molecule has 0 spiro atoms. The maximum Gasteiger partial charge on any atom is 0.261 e. The predicted molar refractivity (Wildman–Crippen MR) is 84.1 cm³/mol. The molecule has 0 aliphatic carbocycles. The Bertz CT molecular complexity index is 770. The van der Waals surface area contributed by atoms with Gasteiger partial charge in [-0.05, 0) is 61.4 Å². The first-order valence-electron chi connectivity index (χ1n) is 6.37. The summed E-state index contributed by atoms with van der Waals surface area (Å²) in [6.07, 6.45) is 0. The SMILES string of the molecule is COc1ccc(NS(=O)(=O)c2ccc(N)c(C)c2)cc1C. The Morgan fingerprint density at radius 1 is 1.05 bits per heavy atom. The lowest BCUT2D eigenvalue weighted by molar-refractivity contribution is 0.412. The number of aryl methyl sites for hydroxylation is 2. The second-order valence-electron chi connectivity index (χ2n) is 4.81. The van der Waals surface area contributed by atoms with Crippen LogP contribution in [0.2, 0.25) is 0 Å². The van der Waals surface area contributed by atoms with Crippen LogP contribution in [0.15, 0.2) is 41.3 Å². The predicted octanol–water partition coefficient (Wildman–Crippen LogP) is 2.70. The van der Waals surface area contributed by atoms with Crippen molar-refractivity contribution in [2.45, 2.75) is 18.7 Å². The first kappa shape index (κ1) is 15.2. The third-order valence-corrected chi connectivity index (χ3v) is 4.58. The molecule has 0 amide bonds. The van der Waals surface area contributed by atoms with Gasteiger partial charge in [-0.1, -0.05) is 0 Å². The Kier molecular flexibility index (Phi) is 4.09. The summed E-state index contributed by atoms with van der Waals surface area (Å²) < 4.78 is 32.4. The highest BCUT2D eigenvalue weighted by atomic mass is 32.2. The minimum Gasteiger partial charge on any atom is -0.496 e. The Morgan fingerprint density at radius 3 is 2.33 bits per heavy atom. The van der Waals surface area contributed by atoms with Crippen LogP contribution >= 0.6 is 0 Å². The Labute approximate surface area is 124 Å². The summed E-state index contributed by atoms with van der Waals surface area (Å²) in [5.41, 5.74) is 8.34. The van der Waals surface area contributed by atoms with Gasteiger partial charge in [-0.2, -0.15) is 0 Å². The van der Waals surface area contributed by atoms with Crippen molar-refractivity contribution >= 4 is 21.4 Å². The molecule has 0 heterocycles. The third-order valence-electron chi connectivity index (χ3n) is 3.20. The average molecular weight is 306 g/mol. The highest BCUT2D eigenvalue weighted by Gasteiger charge is 2.15. The number of methoxy groups -OCH3 is 1. The standard InChI is InChI=1S/C15H18N2O3S/c1-10-9-13(5-6-14(10)16)21(18,19)17-12-4-7-15(20-3)11(2)8-12/h4-9,17H,16H2,1-3H3. The number of nitrogens with one attached hydrogen (secondary N) is 1. The van der Waals surface area contributed by atoms with E-state index in [2.05, 4.69) is 4.72 Å². The van der Waals surface area contributed by atoms with E-state index in [-0.39, 0.29) is 4.90 Å². The maximum absolute atomic E-state index is 12.3. The second-order valence-corrected chi connectivity index (χ2v) is 6.49. The minimum absolute atomic E-state index is 0.183. The molecular formula is C15H18N2O3S. The van der Waals surface area contributed by atoms with Crippen LogP contribution in [0.1, 0.15) is 11.1 Å². The first-order chi connectivity index (χ1) is 9.83. The Morgan fingerprint density at radius 2 is 1.76 bits per heavy atom. The van der Waals surface area contributed by atoms with Gasteiger partial charge in [0, 0.05) is 11.4 Å². The van der Waals surface area contributed by atoms with Crippen LogP contribution in [0.4, 0.5) is 11.4 Å². The van der Waals surface area contributed by atoms with E-state index in [1.165, 1.54) is 6.07 Å². The van der Waals surface area contributed by atoms with Gasteiger partial charge < -0.3 is 10.5 Å². The van der Waals surface area contributed by atoms with Gasteiger partial charge in [0.15, 0.2) is 0 Å². The van der Waals surface area contributed by atoms with Gasteiger partial charge in [-0.15, -0.1) is 0 Å². The topological polar surface area (TPSA) is 81.4 Å². The zero-order chi connectivity index (χ0) is 15.6. The Hall–Kier alpha value is -2.21. The van der Waals surface area contributed by atoms with E-state index in [4.69, 9.17) is 10.5 Å². The van der Waals surface area contributed by atoms with Crippen molar-refractivity contribution in [3.05, 3.63) is 47.5 Å². The number of hydrogen-bond donors (Lipinski definition) is 2. The van der Waals surface area contributed by atoms with Crippen LogP contribution in [-0.2, 0) is 10.0 Å². The number of anilines is 2. The normalized spacial score (nSPS) is 11.2. The molecule has 0 aromatic heterocycles. The van der Waals surface area contributed by atoms with Gasteiger partial charge in [0.25, 0.3) is 10.0 Å². The van der Waals surface area contributed by atoms with Gasteiger partial charge in [0.1, 0.15) is 5.75 Å². The second kappa shape index (κ2) is 5.65. The molecule has 0 atom stereocenters. The lowest BCUT2D eigenvalue weighted by Crippen LogP contribution is -2.13. The first-order valence-corrected chi connectivity index (χ1v) is 7.85. The average Bonchev–Trinajstić information content (AvgIpc) is 2.41. The lowest BCUT2D eigenvalue weighted by atomic mass is 10.2. The van der Waals surface area contributed by atoms with Crippen molar-refractivity contribution in [1.82, 2.24) is 0 Å². The van der Waals surface area contributed by atoms with Gasteiger partial charge in [0.05, 0.1) is 12.0 Å². The third kappa shape index (κ3) is 3.28. The molecule has 0 unspecified atom stereocenters. The summed E-state index contributed by atoms with van der Waals surface area (Å²) >= 11 is 0. The van der Waals surface area contributed by atoms with Crippen molar-refractivity contribution in [3.8, 4) is 5.75 Å². The number of rotatable bonds is 4. The molecule has 0 fully saturated rings. The van der Waals surface area contributed by atoms with Gasteiger partial charge >= 0.3 is 0 Å². The summed E-state index contributed by atoms with van der Waals surface area (Å²) in [4.78, 5) is 0.183. The largest absolute Gasteiger partial charge is 0.496 e. The molecule has 0 aliphatic rings. The number of nitrogens with two attached hydrogens (primary N) is 1. The van der Waals surface area contributed by atoms with Crippen LogP contribution in [0.5, 0.6) is 5.75 Å². The van der Waals surface area contributed by atoms with E-state index in [0.29, 0.717) is 17.1 Å². The van der Waals surface area contributed by atoms with E-state index in [9.17, 15) is 8.42 Å².